The van der Waals surface area contributed by atoms with Gasteiger partial charge in [-0.2, -0.15) is 0 Å². The molecule has 1 N–H and O–H groups in total. The molecule has 0 aromatic carbocycles. The molecule has 0 bridgehead atoms. The van der Waals surface area contributed by atoms with Crippen molar-refractivity contribution < 1.29 is 19.0 Å². The van der Waals surface area contributed by atoms with Crippen molar-refractivity contribution in [2.24, 2.45) is 0 Å². The minimum absolute atomic E-state index is 0.112. The Morgan fingerprint density at radius 3 is 2.62 bits per heavy atom. The summed E-state index contributed by atoms with van der Waals surface area (Å²) in [5.74, 6) is -0.466. The highest BCUT2D eigenvalue weighted by Gasteiger charge is 2.02. The zero-order valence-electron chi connectivity index (χ0n) is 7.75. The van der Waals surface area contributed by atoms with Crippen LogP contribution >= 0.6 is 0 Å². The van der Waals surface area contributed by atoms with Crippen LogP contribution in [0.25, 0.3) is 0 Å². The number of nitrogens with one attached hydrogen (secondary N) is 1. The van der Waals surface area contributed by atoms with Gasteiger partial charge in [0.25, 0.3) is 0 Å². The maximum absolute atomic E-state index is 10.8. The average molecular weight is 185 g/mol. The number of hydrogen-bond acceptors (Lipinski definition) is 4. The highest BCUT2D eigenvalue weighted by atomic mass is 16.5. The zero-order chi connectivity index (χ0) is 10.3. The summed E-state index contributed by atoms with van der Waals surface area (Å²) in [5.41, 5.74) is 0.332. The van der Waals surface area contributed by atoms with Crippen LogP contribution in [-0.2, 0) is 14.2 Å². The number of rotatable bonds is 4. The van der Waals surface area contributed by atoms with E-state index in [4.69, 9.17) is 0 Å². The predicted molar refractivity (Wildman–Crippen MR) is 48.8 cm³/mol. The predicted octanol–water partition coefficient (Wildman–Crippen LogP) is -0.620. The molecule has 0 saturated carbocycles. The highest BCUT2D eigenvalue weighted by molar-refractivity contribution is 6.04. The summed E-state index contributed by atoms with van der Waals surface area (Å²) in [5, 5.41) is 2.36. The van der Waals surface area contributed by atoms with Crippen molar-refractivity contribution in [2.45, 2.75) is 6.92 Å². The van der Waals surface area contributed by atoms with Crippen molar-refractivity contribution in [2.75, 3.05) is 13.2 Å². The molecule has 0 heterocycles. The standard InChI is InChI=1S/C7H12BNO4/c1-5(2)6(10)12-4-3-9-7(11)13-8/h1,3-4,8H2,2H3,(H,9,11). The van der Waals surface area contributed by atoms with Gasteiger partial charge in [0.05, 0.1) is 6.54 Å². The van der Waals surface area contributed by atoms with Crippen molar-refractivity contribution in [3.63, 3.8) is 0 Å². The zero-order valence-corrected chi connectivity index (χ0v) is 7.75. The summed E-state index contributed by atoms with van der Waals surface area (Å²) in [6.45, 7) is 5.29. The molecule has 0 spiro atoms. The van der Waals surface area contributed by atoms with Crippen molar-refractivity contribution >= 4 is 20.1 Å². The van der Waals surface area contributed by atoms with E-state index in [0.29, 0.717) is 5.57 Å². The molecule has 72 valence electrons. The van der Waals surface area contributed by atoms with E-state index in [1.54, 1.807) is 6.92 Å². The molecule has 0 atom stereocenters. The van der Waals surface area contributed by atoms with Gasteiger partial charge in [0.15, 0.2) is 0 Å². The quantitative estimate of drug-likeness (QED) is 0.274. The molecule has 13 heavy (non-hydrogen) atoms. The van der Waals surface area contributed by atoms with Crippen LogP contribution in [0.3, 0.4) is 0 Å². The van der Waals surface area contributed by atoms with Crippen LogP contribution in [0.5, 0.6) is 0 Å². The third kappa shape index (κ3) is 5.78. The lowest BCUT2D eigenvalue weighted by Crippen LogP contribution is -2.28. The molecule has 0 saturated heterocycles. The van der Waals surface area contributed by atoms with Crippen LogP contribution in [0.2, 0.25) is 0 Å². The fourth-order valence-corrected chi connectivity index (χ4v) is 0.492. The topological polar surface area (TPSA) is 64.6 Å². The van der Waals surface area contributed by atoms with Crippen LogP contribution in [-0.4, -0.2) is 33.3 Å². The van der Waals surface area contributed by atoms with Gasteiger partial charge in [-0.15, -0.1) is 0 Å². The Balaban J connectivity index is 3.41. The number of amides is 1. The van der Waals surface area contributed by atoms with Crippen LogP contribution in [0, 0.1) is 0 Å². The Morgan fingerprint density at radius 1 is 1.54 bits per heavy atom. The second-order valence-corrected chi connectivity index (χ2v) is 2.33. The molecular weight excluding hydrogens is 173 g/mol. The van der Waals surface area contributed by atoms with Crippen molar-refractivity contribution in [3.8, 4) is 0 Å². The molecule has 0 radical (unpaired) electrons. The van der Waals surface area contributed by atoms with Crippen molar-refractivity contribution in [3.05, 3.63) is 12.2 Å². The van der Waals surface area contributed by atoms with E-state index >= 15 is 0 Å². The molecule has 0 aliphatic heterocycles. The van der Waals surface area contributed by atoms with Gasteiger partial charge in [-0.05, 0) is 6.92 Å². The molecule has 0 rings (SSSR count). The summed E-state index contributed by atoms with van der Waals surface area (Å²) >= 11 is 0. The smallest absolute Gasteiger partial charge is 0.388 e. The van der Waals surface area contributed by atoms with Crippen LogP contribution in [0.1, 0.15) is 6.92 Å². The SMILES string of the molecule is BOC(=O)NCCOC(=O)C(=C)C. The maximum Gasteiger partial charge on any atom is 0.388 e. The summed E-state index contributed by atoms with van der Waals surface area (Å²) in [6, 6.07) is 0. The highest BCUT2D eigenvalue weighted by Crippen LogP contribution is 1.90. The Bertz CT molecular complexity index is 217. The Morgan fingerprint density at radius 2 is 2.15 bits per heavy atom. The third-order valence-electron chi connectivity index (χ3n) is 1.14. The summed E-state index contributed by atoms with van der Waals surface area (Å²) in [6.07, 6.45) is -0.550. The van der Waals surface area contributed by atoms with Crippen molar-refractivity contribution in [1.29, 1.82) is 0 Å². The lowest BCUT2D eigenvalue weighted by atomic mass is 10.4. The van der Waals surface area contributed by atoms with Gasteiger partial charge < -0.3 is 14.7 Å². The fourth-order valence-electron chi connectivity index (χ4n) is 0.492. The summed E-state index contributed by atoms with van der Waals surface area (Å²) in [4.78, 5) is 21.3. The molecule has 0 unspecified atom stereocenters. The van der Waals surface area contributed by atoms with E-state index in [1.165, 1.54) is 8.05 Å². The van der Waals surface area contributed by atoms with Crippen LogP contribution in [0.4, 0.5) is 4.79 Å². The second-order valence-electron chi connectivity index (χ2n) is 2.33. The lowest BCUT2D eigenvalue weighted by Gasteiger charge is -2.05. The first kappa shape index (κ1) is 11.5. The molecule has 6 heteroatoms. The number of esters is 1. The number of carbonyl (C=O) groups is 2. The Kier molecular flexibility index (Phi) is 5.42. The van der Waals surface area contributed by atoms with E-state index in [-0.39, 0.29) is 13.2 Å². The van der Waals surface area contributed by atoms with E-state index < -0.39 is 12.1 Å². The molecule has 5 nitrogen and oxygen atoms in total. The third-order valence-corrected chi connectivity index (χ3v) is 1.14. The van der Waals surface area contributed by atoms with E-state index in [2.05, 4.69) is 21.3 Å². The largest absolute Gasteiger partial charge is 0.528 e. The minimum Gasteiger partial charge on any atom is -0.528 e. The van der Waals surface area contributed by atoms with Crippen LogP contribution < -0.4 is 5.32 Å². The number of ether oxygens (including phenoxy) is 1. The van der Waals surface area contributed by atoms with Gasteiger partial charge in [0, 0.05) is 5.57 Å². The molecule has 0 aromatic rings. The minimum atomic E-state index is -0.550. The van der Waals surface area contributed by atoms with E-state index in [9.17, 15) is 9.59 Å². The molecule has 0 aromatic heterocycles. The lowest BCUT2D eigenvalue weighted by molar-refractivity contribution is -0.138. The molecular formula is C7H12BNO4. The average Bonchev–Trinajstić information content (AvgIpc) is 2.11. The Labute approximate surface area is 77.5 Å². The van der Waals surface area contributed by atoms with Gasteiger partial charge in [-0.25, -0.2) is 9.59 Å². The van der Waals surface area contributed by atoms with Gasteiger partial charge in [-0.3, -0.25) is 0 Å². The molecule has 0 aliphatic rings. The molecule has 1 amide bonds. The fraction of sp³-hybridized carbons (Fsp3) is 0.429. The van der Waals surface area contributed by atoms with Gasteiger partial charge in [0.1, 0.15) is 6.61 Å². The first-order valence-electron chi connectivity index (χ1n) is 3.72. The monoisotopic (exact) mass is 185 g/mol. The van der Waals surface area contributed by atoms with E-state index in [0.717, 1.165) is 0 Å². The first-order chi connectivity index (χ1) is 6.07. The van der Waals surface area contributed by atoms with Gasteiger partial charge in [-0.1, -0.05) is 6.58 Å². The van der Waals surface area contributed by atoms with E-state index in [1.807, 2.05) is 0 Å². The second kappa shape index (κ2) is 6.10. The van der Waals surface area contributed by atoms with Crippen molar-refractivity contribution in [1.82, 2.24) is 5.32 Å². The van der Waals surface area contributed by atoms with Gasteiger partial charge >= 0.3 is 20.1 Å². The van der Waals surface area contributed by atoms with Gasteiger partial charge in [0.2, 0.25) is 0 Å². The van der Waals surface area contributed by atoms with Crippen LogP contribution in [0.15, 0.2) is 12.2 Å². The summed E-state index contributed by atoms with van der Waals surface area (Å²) in [7, 11) is 1.26. The maximum atomic E-state index is 10.8. The first-order valence-corrected chi connectivity index (χ1v) is 3.72. The number of carbonyl (C=O) groups excluding carboxylic acids is 2. The number of hydrogen-bond donors (Lipinski definition) is 1. The Hall–Kier alpha value is -1.46. The normalized spacial score (nSPS) is 8.69. The summed E-state index contributed by atoms with van der Waals surface area (Å²) < 4.78 is 8.99. The molecule has 0 aliphatic carbocycles. The molecule has 0 fully saturated rings.